The summed E-state index contributed by atoms with van der Waals surface area (Å²) in [6.45, 7) is 0. The van der Waals surface area contributed by atoms with E-state index in [9.17, 15) is 4.79 Å². The van der Waals surface area contributed by atoms with Crippen LogP contribution in [0.15, 0.2) is 24.4 Å². The van der Waals surface area contributed by atoms with Crippen LogP contribution in [0.3, 0.4) is 0 Å². The van der Waals surface area contributed by atoms with Crippen molar-refractivity contribution >= 4 is 22.5 Å². The average molecular weight is 274 g/mol. The van der Waals surface area contributed by atoms with Crippen LogP contribution < -0.4 is 10.1 Å². The first-order chi connectivity index (χ1) is 9.71. The highest BCUT2D eigenvalue weighted by molar-refractivity contribution is 6.03. The van der Waals surface area contributed by atoms with Gasteiger partial charge in [-0.15, -0.1) is 0 Å². The highest BCUT2D eigenvalue weighted by Gasteiger charge is 2.34. The van der Waals surface area contributed by atoms with E-state index >= 15 is 0 Å². The first kappa shape index (κ1) is 13.0. The molecule has 1 amide bonds. The van der Waals surface area contributed by atoms with Gasteiger partial charge in [0.1, 0.15) is 5.75 Å². The maximum absolute atomic E-state index is 12.1. The number of methoxy groups -OCH3 is 2. The van der Waals surface area contributed by atoms with E-state index in [0.29, 0.717) is 0 Å². The maximum atomic E-state index is 12.1. The SMILES string of the molecule is COc1ccc2[nH]cc(NC(=O)[C@H]3C[C@@H](OC)C3)c2c1. The lowest BCUT2D eigenvalue weighted by Crippen LogP contribution is -2.38. The number of carbonyl (C=O) groups is 1. The summed E-state index contributed by atoms with van der Waals surface area (Å²) in [5, 5.41) is 3.94. The molecule has 0 spiro atoms. The molecular weight excluding hydrogens is 256 g/mol. The van der Waals surface area contributed by atoms with E-state index in [-0.39, 0.29) is 17.9 Å². The second kappa shape index (κ2) is 5.17. The van der Waals surface area contributed by atoms with Crippen molar-refractivity contribution in [3.63, 3.8) is 0 Å². The van der Waals surface area contributed by atoms with Gasteiger partial charge in [0.15, 0.2) is 0 Å². The number of aromatic nitrogens is 1. The number of H-pyrrole nitrogens is 1. The molecule has 1 aromatic heterocycles. The first-order valence-corrected chi connectivity index (χ1v) is 6.70. The van der Waals surface area contributed by atoms with Gasteiger partial charge in [-0.2, -0.15) is 0 Å². The fourth-order valence-corrected chi connectivity index (χ4v) is 2.54. The van der Waals surface area contributed by atoms with Crippen molar-refractivity contribution < 1.29 is 14.3 Å². The monoisotopic (exact) mass is 274 g/mol. The molecule has 5 heteroatoms. The van der Waals surface area contributed by atoms with Crippen LogP contribution in [0.5, 0.6) is 5.75 Å². The molecule has 1 aromatic carbocycles. The van der Waals surface area contributed by atoms with Gasteiger partial charge >= 0.3 is 0 Å². The molecule has 1 aliphatic carbocycles. The number of fused-ring (bicyclic) bond motifs is 1. The number of nitrogens with one attached hydrogen (secondary N) is 2. The minimum atomic E-state index is 0.0514. The summed E-state index contributed by atoms with van der Waals surface area (Å²) >= 11 is 0. The van der Waals surface area contributed by atoms with Crippen molar-refractivity contribution in [3.8, 4) is 5.75 Å². The highest BCUT2D eigenvalue weighted by Crippen LogP contribution is 2.32. The fourth-order valence-electron chi connectivity index (χ4n) is 2.54. The summed E-state index contributed by atoms with van der Waals surface area (Å²) < 4.78 is 10.4. The summed E-state index contributed by atoms with van der Waals surface area (Å²) in [7, 11) is 3.32. The molecule has 1 fully saturated rings. The van der Waals surface area contributed by atoms with Crippen LogP contribution in [-0.2, 0) is 9.53 Å². The molecule has 0 bridgehead atoms. The minimum absolute atomic E-state index is 0.0514. The maximum Gasteiger partial charge on any atom is 0.227 e. The first-order valence-electron chi connectivity index (χ1n) is 6.70. The average Bonchev–Trinajstić information content (AvgIpc) is 2.80. The summed E-state index contributed by atoms with van der Waals surface area (Å²) in [4.78, 5) is 15.3. The Bertz CT molecular complexity index is 629. The van der Waals surface area contributed by atoms with E-state index in [4.69, 9.17) is 9.47 Å². The Morgan fingerprint density at radius 2 is 2.15 bits per heavy atom. The highest BCUT2D eigenvalue weighted by atomic mass is 16.5. The molecule has 106 valence electrons. The molecule has 0 unspecified atom stereocenters. The molecule has 1 aliphatic rings. The molecule has 5 nitrogen and oxygen atoms in total. The number of amides is 1. The molecule has 2 aromatic rings. The smallest absolute Gasteiger partial charge is 0.227 e. The lowest BCUT2D eigenvalue weighted by atomic mass is 9.81. The summed E-state index contributed by atoms with van der Waals surface area (Å²) in [5.41, 5.74) is 1.77. The number of anilines is 1. The third-order valence-electron chi connectivity index (χ3n) is 3.95. The molecule has 1 saturated carbocycles. The summed E-state index contributed by atoms with van der Waals surface area (Å²) in [6, 6.07) is 5.74. The topological polar surface area (TPSA) is 63.3 Å². The zero-order valence-corrected chi connectivity index (χ0v) is 11.6. The summed E-state index contributed by atoms with van der Waals surface area (Å²) in [5.74, 6) is 0.883. The van der Waals surface area contributed by atoms with E-state index in [1.54, 1.807) is 14.2 Å². The normalized spacial score (nSPS) is 21.5. The van der Waals surface area contributed by atoms with Gasteiger partial charge in [-0.05, 0) is 31.0 Å². The molecule has 1 heterocycles. The van der Waals surface area contributed by atoms with Crippen LogP contribution in [0, 0.1) is 5.92 Å². The second-order valence-corrected chi connectivity index (χ2v) is 5.13. The van der Waals surface area contributed by atoms with Crippen LogP contribution in [0.1, 0.15) is 12.8 Å². The van der Waals surface area contributed by atoms with Gasteiger partial charge in [0.05, 0.1) is 18.9 Å². The molecule has 3 rings (SSSR count). The number of aromatic amines is 1. The van der Waals surface area contributed by atoms with Crippen molar-refractivity contribution in [2.75, 3.05) is 19.5 Å². The van der Waals surface area contributed by atoms with Crippen LogP contribution in [0.4, 0.5) is 5.69 Å². The Morgan fingerprint density at radius 3 is 2.85 bits per heavy atom. The van der Waals surface area contributed by atoms with Gasteiger partial charge in [0.25, 0.3) is 0 Å². The van der Waals surface area contributed by atoms with Crippen molar-refractivity contribution in [1.82, 2.24) is 4.98 Å². The van der Waals surface area contributed by atoms with Crippen molar-refractivity contribution in [2.45, 2.75) is 18.9 Å². The van der Waals surface area contributed by atoms with Crippen molar-refractivity contribution in [3.05, 3.63) is 24.4 Å². The number of carbonyl (C=O) groups excluding carboxylic acids is 1. The van der Waals surface area contributed by atoms with E-state index in [0.717, 1.165) is 35.2 Å². The zero-order valence-electron chi connectivity index (χ0n) is 11.6. The van der Waals surface area contributed by atoms with Gasteiger partial charge in [-0.3, -0.25) is 4.79 Å². The van der Waals surface area contributed by atoms with Gasteiger partial charge < -0.3 is 19.8 Å². The Morgan fingerprint density at radius 1 is 1.35 bits per heavy atom. The Kier molecular flexibility index (Phi) is 3.36. The quantitative estimate of drug-likeness (QED) is 0.900. The van der Waals surface area contributed by atoms with Crippen LogP contribution >= 0.6 is 0 Å². The van der Waals surface area contributed by atoms with Crippen LogP contribution in [-0.4, -0.2) is 31.2 Å². The zero-order chi connectivity index (χ0) is 14.1. The number of ether oxygens (including phenoxy) is 2. The van der Waals surface area contributed by atoms with E-state index < -0.39 is 0 Å². The molecule has 0 atom stereocenters. The molecule has 0 radical (unpaired) electrons. The third kappa shape index (κ3) is 2.25. The standard InChI is InChI=1S/C15H18N2O3/c1-19-10-3-4-13-12(7-10)14(8-16-13)17-15(18)9-5-11(6-9)20-2/h3-4,7-9,11,16H,5-6H2,1-2H3,(H,17,18)/t9-,11+. The van der Waals surface area contributed by atoms with E-state index in [1.807, 2.05) is 24.4 Å². The minimum Gasteiger partial charge on any atom is -0.497 e. The summed E-state index contributed by atoms with van der Waals surface area (Å²) in [6.07, 6.45) is 3.64. The lowest BCUT2D eigenvalue weighted by molar-refractivity contribution is -0.127. The number of benzene rings is 1. The van der Waals surface area contributed by atoms with Crippen molar-refractivity contribution in [1.29, 1.82) is 0 Å². The number of hydrogen-bond donors (Lipinski definition) is 2. The van der Waals surface area contributed by atoms with Gasteiger partial charge in [-0.1, -0.05) is 0 Å². The predicted octanol–water partition coefficient (Wildman–Crippen LogP) is 2.54. The van der Waals surface area contributed by atoms with Crippen LogP contribution in [0.25, 0.3) is 10.9 Å². The predicted molar refractivity (Wildman–Crippen MR) is 77.0 cm³/mol. The largest absolute Gasteiger partial charge is 0.497 e. The second-order valence-electron chi connectivity index (χ2n) is 5.13. The third-order valence-corrected chi connectivity index (χ3v) is 3.95. The number of hydrogen-bond acceptors (Lipinski definition) is 3. The molecule has 0 aliphatic heterocycles. The van der Waals surface area contributed by atoms with Crippen LogP contribution in [0.2, 0.25) is 0 Å². The molecule has 20 heavy (non-hydrogen) atoms. The van der Waals surface area contributed by atoms with E-state index in [1.165, 1.54) is 0 Å². The van der Waals surface area contributed by atoms with Crippen molar-refractivity contribution in [2.24, 2.45) is 5.92 Å². The van der Waals surface area contributed by atoms with Gasteiger partial charge in [0.2, 0.25) is 5.91 Å². The fraction of sp³-hybridized carbons (Fsp3) is 0.400. The number of rotatable bonds is 4. The van der Waals surface area contributed by atoms with E-state index in [2.05, 4.69) is 10.3 Å². The Labute approximate surface area is 117 Å². The molecule has 0 saturated heterocycles. The lowest BCUT2D eigenvalue weighted by Gasteiger charge is -2.32. The molecular formula is C15H18N2O3. The van der Waals surface area contributed by atoms with Gasteiger partial charge in [0, 0.05) is 30.1 Å². The Hall–Kier alpha value is -2.01. The molecule has 2 N–H and O–H groups in total. The van der Waals surface area contributed by atoms with Gasteiger partial charge in [-0.25, -0.2) is 0 Å². The Balaban J connectivity index is 1.75.